The van der Waals surface area contributed by atoms with Crippen LogP contribution in [0.3, 0.4) is 0 Å². The van der Waals surface area contributed by atoms with Crippen LogP contribution >= 0.6 is 0 Å². The molecule has 0 heterocycles. The van der Waals surface area contributed by atoms with E-state index in [0.29, 0.717) is 0 Å². The van der Waals surface area contributed by atoms with Crippen LogP contribution in [0.25, 0.3) is 0 Å². The fourth-order valence-electron chi connectivity index (χ4n) is 1.89. The van der Waals surface area contributed by atoms with Crippen LogP contribution in [0.4, 0.5) is 0 Å². The second kappa shape index (κ2) is 8.32. The second-order valence-corrected chi connectivity index (χ2v) is 5.75. The Morgan fingerprint density at radius 2 is 0.929 bits per heavy atom. The van der Waals surface area contributed by atoms with Crippen LogP contribution in [0.2, 0.25) is 0 Å². The summed E-state index contributed by atoms with van der Waals surface area (Å²) in [6.07, 6.45) is 8.57. The number of rotatable bonds is 8. The summed E-state index contributed by atoms with van der Waals surface area (Å²) in [6, 6.07) is 0. The Labute approximate surface area is 91.5 Å². The van der Waals surface area contributed by atoms with Crippen molar-refractivity contribution in [1.82, 2.24) is 0 Å². The lowest BCUT2D eigenvalue weighted by Gasteiger charge is -2.12. The van der Waals surface area contributed by atoms with Gasteiger partial charge in [0.05, 0.1) is 0 Å². The highest BCUT2D eigenvalue weighted by Crippen LogP contribution is 2.18. The van der Waals surface area contributed by atoms with Gasteiger partial charge in [0.15, 0.2) is 0 Å². The third kappa shape index (κ3) is 10.1. The van der Waals surface area contributed by atoms with E-state index >= 15 is 0 Å². The molecule has 0 aliphatic rings. The first kappa shape index (κ1) is 14.0. The summed E-state index contributed by atoms with van der Waals surface area (Å²) in [4.78, 5) is 0. The van der Waals surface area contributed by atoms with Crippen LogP contribution < -0.4 is 0 Å². The van der Waals surface area contributed by atoms with E-state index in [0.717, 1.165) is 17.8 Å². The monoisotopic (exact) mass is 198 g/mol. The van der Waals surface area contributed by atoms with E-state index in [4.69, 9.17) is 0 Å². The van der Waals surface area contributed by atoms with E-state index in [-0.39, 0.29) is 0 Å². The molecule has 0 saturated heterocycles. The molecule has 0 saturated carbocycles. The topological polar surface area (TPSA) is 0 Å². The lowest BCUT2D eigenvalue weighted by atomic mass is 9.94. The predicted octanol–water partition coefficient (Wildman–Crippen LogP) is 5.28. The zero-order valence-corrected chi connectivity index (χ0v) is 11.0. The van der Waals surface area contributed by atoms with Crippen molar-refractivity contribution in [2.45, 2.75) is 73.1 Å². The van der Waals surface area contributed by atoms with Gasteiger partial charge in [-0.05, 0) is 17.8 Å². The van der Waals surface area contributed by atoms with Crippen LogP contribution in [-0.4, -0.2) is 0 Å². The smallest absolute Gasteiger partial charge is 0.0443 e. The van der Waals surface area contributed by atoms with Crippen molar-refractivity contribution in [1.29, 1.82) is 0 Å². The quantitative estimate of drug-likeness (QED) is 0.498. The minimum absolute atomic E-state index is 0.887. The standard InChI is InChI=1S/C14H30/c1-12(2)8-6-10-14(5)11-7-9-13(3)4/h12-14H,6-11H2,1-5H3. The molecule has 0 heteroatoms. The average molecular weight is 198 g/mol. The summed E-state index contributed by atoms with van der Waals surface area (Å²) in [5, 5.41) is 0. The van der Waals surface area contributed by atoms with E-state index < -0.39 is 0 Å². The molecule has 0 aromatic heterocycles. The van der Waals surface area contributed by atoms with Gasteiger partial charge in [-0.2, -0.15) is 0 Å². The van der Waals surface area contributed by atoms with Gasteiger partial charge in [-0.1, -0.05) is 73.1 Å². The highest BCUT2D eigenvalue weighted by atomic mass is 14.1. The lowest BCUT2D eigenvalue weighted by molar-refractivity contribution is 0.407. The minimum atomic E-state index is 0.887. The molecule has 0 radical (unpaired) electrons. The molecule has 0 aromatic carbocycles. The molecule has 0 bridgehead atoms. The van der Waals surface area contributed by atoms with Gasteiger partial charge in [0.25, 0.3) is 0 Å². The van der Waals surface area contributed by atoms with Gasteiger partial charge in [0.1, 0.15) is 0 Å². The van der Waals surface area contributed by atoms with E-state index in [1.807, 2.05) is 0 Å². The molecule has 0 N–H and O–H groups in total. The second-order valence-electron chi connectivity index (χ2n) is 5.75. The van der Waals surface area contributed by atoms with Gasteiger partial charge in [0.2, 0.25) is 0 Å². The Morgan fingerprint density at radius 3 is 1.21 bits per heavy atom. The molecule has 86 valence electrons. The molecule has 0 aliphatic heterocycles. The number of hydrogen-bond acceptors (Lipinski definition) is 0. The Balaban J connectivity index is 3.23. The molecule has 0 fully saturated rings. The molecule has 0 aliphatic carbocycles. The Bertz CT molecular complexity index is 99.2. The minimum Gasteiger partial charge on any atom is -0.0628 e. The third-order valence-corrected chi connectivity index (χ3v) is 2.96. The largest absolute Gasteiger partial charge is 0.0628 e. The van der Waals surface area contributed by atoms with Crippen LogP contribution in [0, 0.1) is 17.8 Å². The van der Waals surface area contributed by atoms with E-state index in [1.165, 1.54) is 38.5 Å². The van der Waals surface area contributed by atoms with Gasteiger partial charge in [-0.15, -0.1) is 0 Å². The first-order valence-corrected chi connectivity index (χ1v) is 6.52. The fourth-order valence-corrected chi connectivity index (χ4v) is 1.89. The molecule has 0 aromatic rings. The molecular formula is C14H30. The summed E-state index contributed by atoms with van der Waals surface area (Å²) < 4.78 is 0. The molecule has 0 spiro atoms. The van der Waals surface area contributed by atoms with Gasteiger partial charge < -0.3 is 0 Å². The molecule has 0 nitrogen and oxygen atoms in total. The van der Waals surface area contributed by atoms with Crippen molar-refractivity contribution in [3.05, 3.63) is 0 Å². The maximum atomic E-state index is 2.42. The first-order valence-electron chi connectivity index (χ1n) is 6.52. The van der Waals surface area contributed by atoms with Gasteiger partial charge >= 0.3 is 0 Å². The van der Waals surface area contributed by atoms with Gasteiger partial charge in [-0.3, -0.25) is 0 Å². The molecular weight excluding hydrogens is 168 g/mol. The fraction of sp³-hybridized carbons (Fsp3) is 1.00. The summed E-state index contributed by atoms with van der Waals surface area (Å²) in [7, 11) is 0. The van der Waals surface area contributed by atoms with E-state index in [1.54, 1.807) is 0 Å². The van der Waals surface area contributed by atoms with E-state index in [2.05, 4.69) is 34.6 Å². The van der Waals surface area contributed by atoms with Crippen molar-refractivity contribution in [2.24, 2.45) is 17.8 Å². The predicted molar refractivity (Wildman–Crippen MR) is 66.5 cm³/mol. The normalized spacial score (nSPS) is 12.0. The Hall–Kier alpha value is 0. The summed E-state index contributed by atoms with van der Waals surface area (Å²) in [5.74, 6) is 2.73. The third-order valence-electron chi connectivity index (χ3n) is 2.96. The molecule has 0 atom stereocenters. The Morgan fingerprint density at radius 1 is 0.571 bits per heavy atom. The number of hydrogen-bond donors (Lipinski definition) is 0. The summed E-state index contributed by atoms with van der Waals surface area (Å²) >= 11 is 0. The highest BCUT2D eigenvalue weighted by molar-refractivity contribution is 4.56. The average Bonchev–Trinajstić information content (AvgIpc) is 2.02. The zero-order valence-electron chi connectivity index (χ0n) is 11.0. The molecule has 0 unspecified atom stereocenters. The highest BCUT2D eigenvalue weighted by Gasteiger charge is 2.03. The van der Waals surface area contributed by atoms with Crippen molar-refractivity contribution in [3.63, 3.8) is 0 Å². The van der Waals surface area contributed by atoms with Crippen molar-refractivity contribution in [3.8, 4) is 0 Å². The SMILES string of the molecule is CC(C)CCCC(C)CCCC(C)C. The van der Waals surface area contributed by atoms with Crippen molar-refractivity contribution < 1.29 is 0 Å². The van der Waals surface area contributed by atoms with Crippen LogP contribution in [0.1, 0.15) is 73.1 Å². The van der Waals surface area contributed by atoms with Crippen LogP contribution in [0.5, 0.6) is 0 Å². The zero-order chi connectivity index (χ0) is 11.0. The molecule has 0 amide bonds. The van der Waals surface area contributed by atoms with Crippen LogP contribution in [0.15, 0.2) is 0 Å². The maximum Gasteiger partial charge on any atom is -0.0443 e. The first-order chi connectivity index (χ1) is 6.52. The van der Waals surface area contributed by atoms with Crippen molar-refractivity contribution in [2.75, 3.05) is 0 Å². The van der Waals surface area contributed by atoms with Gasteiger partial charge in [0, 0.05) is 0 Å². The van der Waals surface area contributed by atoms with Crippen LogP contribution in [-0.2, 0) is 0 Å². The molecule has 14 heavy (non-hydrogen) atoms. The molecule has 0 rings (SSSR count). The van der Waals surface area contributed by atoms with Gasteiger partial charge in [-0.25, -0.2) is 0 Å². The lowest BCUT2D eigenvalue weighted by Crippen LogP contribution is -1.98. The Kier molecular flexibility index (Phi) is 8.32. The summed E-state index contributed by atoms with van der Waals surface area (Å²) in [5.41, 5.74) is 0. The van der Waals surface area contributed by atoms with Crippen molar-refractivity contribution >= 4 is 0 Å². The summed E-state index contributed by atoms with van der Waals surface area (Å²) in [6.45, 7) is 11.7. The van der Waals surface area contributed by atoms with E-state index in [9.17, 15) is 0 Å². The maximum absolute atomic E-state index is 2.42.